The first-order valence-electron chi connectivity index (χ1n) is 10.7. The molecule has 2 heterocycles. The third-order valence-corrected chi connectivity index (χ3v) is 6.95. The molecule has 180 valence electrons. The quantitative estimate of drug-likeness (QED) is 0.370. The molecule has 1 N–H and O–H groups in total. The molecule has 0 fully saturated rings. The lowest BCUT2D eigenvalue weighted by Crippen LogP contribution is -2.22. The number of hydrogen-bond acceptors (Lipinski definition) is 7. The smallest absolute Gasteiger partial charge is 0.375 e. The second-order valence-corrected chi connectivity index (χ2v) is 9.75. The number of aryl methyl sites for hydroxylation is 1. The Balaban J connectivity index is 1.40. The Hall–Kier alpha value is -4.18. The van der Waals surface area contributed by atoms with E-state index in [2.05, 4.69) is 10.4 Å². The van der Waals surface area contributed by atoms with Gasteiger partial charge in [-0.05, 0) is 44.2 Å². The van der Waals surface area contributed by atoms with Crippen molar-refractivity contribution >= 4 is 27.4 Å². The molecule has 0 aliphatic rings. The number of aromatic nitrogens is 2. The summed E-state index contributed by atoms with van der Waals surface area (Å²) in [6.07, 6.45) is 1.21. The number of furan rings is 1. The molecule has 9 nitrogen and oxygen atoms in total. The molecule has 0 spiro atoms. The third-order valence-electron chi connectivity index (χ3n) is 5.27. The minimum absolute atomic E-state index is 0.127. The molecule has 4 rings (SSSR count). The summed E-state index contributed by atoms with van der Waals surface area (Å²) in [4.78, 5) is 25.1. The van der Waals surface area contributed by atoms with Gasteiger partial charge in [-0.2, -0.15) is 5.10 Å². The van der Waals surface area contributed by atoms with E-state index in [0.717, 1.165) is 5.69 Å². The van der Waals surface area contributed by atoms with E-state index < -0.39 is 34.1 Å². The van der Waals surface area contributed by atoms with E-state index in [1.165, 1.54) is 24.5 Å². The molecule has 0 radical (unpaired) electrons. The van der Waals surface area contributed by atoms with Gasteiger partial charge in [0.1, 0.15) is 0 Å². The van der Waals surface area contributed by atoms with E-state index in [9.17, 15) is 18.0 Å². The van der Waals surface area contributed by atoms with Gasteiger partial charge >= 0.3 is 5.97 Å². The summed E-state index contributed by atoms with van der Waals surface area (Å²) < 4.78 is 37.3. The van der Waals surface area contributed by atoms with Crippen molar-refractivity contribution in [2.75, 3.05) is 11.9 Å². The molecule has 0 saturated heterocycles. The topological polar surface area (TPSA) is 120 Å². The van der Waals surface area contributed by atoms with Gasteiger partial charge in [0.15, 0.2) is 16.4 Å². The summed E-state index contributed by atoms with van der Waals surface area (Å²) >= 11 is 0. The lowest BCUT2D eigenvalue weighted by molar-refractivity contribution is -0.119. The average Bonchev–Trinajstić information content (AvgIpc) is 3.43. The van der Waals surface area contributed by atoms with E-state index in [1.807, 2.05) is 37.3 Å². The van der Waals surface area contributed by atoms with Crippen LogP contribution >= 0.6 is 0 Å². The molecule has 10 heteroatoms. The van der Waals surface area contributed by atoms with Crippen molar-refractivity contribution in [2.24, 2.45) is 0 Å². The Morgan fingerprint density at radius 1 is 1.00 bits per heavy atom. The number of benzene rings is 2. The summed E-state index contributed by atoms with van der Waals surface area (Å²) in [7, 11) is -3.70. The van der Waals surface area contributed by atoms with E-state index in [0.29, 0.717) is 17.1 Å². The van der Waals surface area contributed by atoms with Gasteiger partial charge in [-0.25, -0.2) is 17.9 Å². The van der Waals surface area contributed by atoms with Crippen molar-refractivity contribution in [3.8, 4) is 5.69 Å². The summed E-state index contributed by atoms with van der Waals surface area (Å²) in [6.45, 7) is 2.99. The van der Waals surface area contributed by atoms with Gasteiger partial charge in [-0.15, -0.1) is 0 Å². The van der Waals surface area contributed by atoms with Crippen LogP contribution in [0.2, 0.25) is 0 Å². The monoisotopic (exact) mass is 493 g/mol. The normalized spacial score (nSPS) is 11.3. The standard InChI is InChI=1S/C25H23N3O6S/c1-17-23(18(2)28(27-17)20-9-5-3-6-10-20)26-22(29)15-34-25(30)24-19(13-14-33-24)16-35(31,32)21-11-7-4-8-12-21/h3-14H,15-16H2,1-2H3,(H,26,29). The SMILES string of the molecule is Cc1nn(-c2ccccc2)c(C)c1NC(=O)COC(=O)c1occc1CS(=O)(=O)c1ccccc1. The third kappa shape index (κ3) is 5.33. The molecule has 2 aromatic heterocycles. The Kier molecular flexibility index (Phi) is 6.83. The van der Waals surface area contributed by atoms with Gasteiger partial charge in [-0.1, -0.05) is 36.4 Å². The van der Waals surface area contributed by atoms with Gasteiger partial charge in [-0.3, -0.25) is 4.79 Å². The molecule has 4 aromatic rings. The van der Waals surface area contributed by atoms with Crippen molar-refractivity contribution < 1.29 is 27.2 Å². The fraction of sp³-hybridized carbons (Fsp3) is 0.160. The zero-order valence-corrected chi connectivity index (χ0v) is 19.9. The van der Waals surface area contributed by atoms with Crippen LogP contribution < -0.4 is 5.32 Å². The van der Waals surface area contributed by atoms with E-state index in [4.69, 9.17) is 9.15 Å². The van der Waals surface area contributed by atoms with Crippen molar-refractivity contribution in [1.29, 1.82) is 0 Å². The highest BCUT2D eigenvalue weighted by atomic mass is 32.2. The molecule has 0 saturated carbocycles. The van der Waals surface area contributed by atoms with Crippen LogP contribution in [0.4, 0.5) is 5.69 Å². The lowest BCUT2D eigenvalue weighted by Gasteiger charge is -2.08. The maximum Gasteiger partial charge on any atom is 0.375 e. The number of esters is 1. The number of carbonyl (C=O) groups excluding carboxylic acids is 2. The fourth-order valence-electron chi connectivity index (χ4n) is 3.56. The van der Waals surface area contributed by atoms with Crippen molar-refractivity contribution in [3.63, 3.8) is 0 Å². The first-order valence-corrected chi connectivity index (χ1v) is 12.3. The summed E-state index contributed by atoms with van der Waals surface area (Å²) in [5, 5.41) is 7.18. The molecular weight excluding hydrogens is 470 g/mol. The fourth-order valence-corrected chi connectivity index (χ4v) is 4.94. The molecule has 0 unspecified atom stereocenters. The summed E-state index contributed by atoms with van der Waals surface area (Å²) in [6, 6.07) is 18.7. The predicted octanol–water partition coefficient (Wildman–Crippen LogP) is 3.85. The van der Waals surface area contributed by atoms with Gasteiger partial charge in [0.25, 0.3) is 5.91 Å². The molecule has 2 aromatic carbocycles. The number of sulfone groups is 1. The second kappa shape index (κ2) is 9.98. The highest BCUT2D eigenvalue weighted by Gasteiger charge is 2.24. The largest absolute Gasteiger partial charge is 0.457 e. The number of amides is 1. The molecule has 35 heavy (non-hydrogen) atoms. The zero-order valence-electron chi connectivity index (χ0n) is 19.1. The van der Waals surface area contributed by atoms with Crippen LogP contribution in [0.25, 0.3) is 5.69 Å². The summed E-state index contributed by atoms with van der Waals surface area (Å²) in [5.74, 6) is -2.21. The summed E-state index contributed by atoms with van der Waals surface area (Å²) in [5.41, 5.74) is 2.83. The molecule has 1 amide bonds. The van der Waals surface area contributed by atoms with E-state index in [1.54, 1.807) is 29.8 Å². The lowest BCUT2D eigenvalue weighted by atomic mass is 10.3. The zero-order chi connectivity index (χ0) is 25.0. The van der Waals surface area contributed by atoms with Crippen LogP contribution in [-0.4, -0.2) is 36.7 Å². The average molecular weight is 494 g/mol. The number of rotatable bonds is 8. The van der Waals surface area contributed by atoms with Crippen LogP contribution in [0.15, 0.2) is 82.3 Å². The predicted molar refractivity (Wildman–Crippen MR) is 128 cm³/mol. The highest BCUT2D eigenvalue weighted by molar-refractivity contribution is 7.90. The molecule has 0 bridgehead atoms. The Bertz CT molecular complexity index is 1460. The van der Waals surface area contributed by atoms with Crippen LogP contribution in [0.1, 0.15) is 27.5 Å². The highest BCUT2D eigenvalue weighted by Crippen LogP contribution is 2.23. The van der Waals surface area contributed by atoms with Gasteiger partial charge < -0.3 is 14.5 Å². The minimum Gasteiger partial charge on any atom is -0.457 e. The Labute approximate surface area is 202 Å². The van der Waals surface area contributed by atoms with Crippen LogP contribution in [0.3, 0.4) is 0 Å². The Morgan fingerprint density at radius 3 is 2.34 bits per heavy atom. The first kappa shape index (κ1) is 24.0. The first-order chi connectivity index (χ1) is 16.8. The number of para-hydroxylation sites is 1. The van der Waals surface area contributed by atoms with Gasteiger partial charge in [0, 0.05) is 5.56 Å². The van der Waals surface area contributed by atoms with E-state index in [-0.39, 0.29) is 16.2 Å². The van der Waals surface area contributed by atoms with Crippen molar-refractivity contribution in [1.82, 2.24) is 9.78 Å². The van der Waals surface area contributed by atoms with Crippen LogP contribution in [0, 0.1) is 13.8 Å². The minimum atomic E-state index is -3.70. The van der Waals surface area contributed by atoms with E-state index >= 15 is 0 Å². The van der Waals surface area contributed by atoms with Crippen molar-refractivity contribution in [2.45, 2.75) is 24.5 Å². The second-order valence-electron chi connectivity index (χ2n) is 7.76. The number of nitrogens with one attached hydrogen (secondary N) is 1. The number of ether oxygens (including phenoxy) is 1. The maximum atomic E-state index is 12.6. The number of carbonyl (C=O) groups is 2. The number of anilines is 1. The molecular formula is C25H23N3O6S. The van der Waals surface area contributed by atoms with Crippen LogP contribution in [0.5, 0.6) is 0 Å². The molecule has 0 aliphatic heterocycles. The number of nitrogens with zero attached hydrogens (tertiary/aromatic N) is 2. The molecule has 0 atom stereocenters. The Morgan fingerprint density at radius 2 is 1.66 bits per heavy atom. The van der Waals surface area contributed by atoms with Crippen molar-refractivity contribution in [3.05, 3.63) is 95.7 Å². The molecule has 0 aliphatic carbocycles. The van der Waals surface area contributed by atoms with Gasteiger partial charge in [0.05, 0.1) is 39.7 Å². The maximum absolute atomic E-state index is 12.6. The number of hydrogen-bond donors (Lipinski definition) is 1. The van der Waals surface area contributed by atoms with Crippen LogP contribution in [-0.2, 0) is 25.1 Å². The van der Waals surface area contributed by atoms with Gasteiger partial charge in [0.2, 0.25) is 5.76 Å².